The van der Waals surface area contributed by atoms with Crippen molar-refractivity contribution in [3.05, 3.63) is 21.4 Å². The van der Waals surface area contributed by atoms with E-state index in [1.54, 1.807) is 11.3 Å². The zero-order chi connectivity index (χ0) is 14.1. The molecule has 5 nitrogen and oxygen atoms in total. The summed E-state index contributed by atoms with van der Waals surface area (Å²) in [6, 6.07) is 1.95. The number of carbonyl (C=O) groups is 2. The second-order valence-electron chi connectivity index (χ2n) is 5.31. The average molecular weight is 294 g/mol. The van der Waals surface area contributed by atoms with E-state index in [0.29, 0.717) is 32.7 Å². The first-order valence-corrected chi connectivity index (χ1v) is 7.74. The van der Waals surface area contributed by atoms with E-state index in [4.69, 9.17) is 10.5 Å². The number of aryl methyl sites for hydroxylation is 1. The van der Waals surface area contributed by atoms with Crippen molar-refractivity contribution in [2.24, 2.45) is 11.7 Å². The van der Waals surface area contributed by atoms with Gasteiger partial charge < -0.3 is 15.4 Å². The summed E-state index contributed by atoms with van der Waals surface area (Å²) in [6.07, 6.45) is 2.33. The average Bonchev–Trinajstić information content (AvgIpc) is 2.90. The van der Waals surface area contributed by atoms with E-state index in [-0.39, 0.29) is 17.7 Å². The number of rotatable bonds is 2. The van der Waals surface area contributed by atoms with Gasteiger partial charge in [-0.2, -0.15) is 0 Å². The lowest BCUT2D eigenvalue weighted by Gasteiger charge is -2.26. The van der Waals surface area contributed by atoms with Crippen molar-refractivity contribution in [1.82, 2.24) is 4.90 Å². The Kier molecular flexibility index (Phi) is 3.76. The fourth-order valence-corrected chi connectivity index (χ4v) is 3.97. The summed E-state index contributed by atoms with van der Waals surface area (Å²) in [5.41, 5.74) is 6.51. The lowest BCUT2D eigenvalue weighted by Crippen LogP contribution is -2.40. The minimum Gasteiger partial charge on any atom is -0.378 e. The Morgan fingerprint density at radius 2 is 2.10 bits per heavy atom. The Morgan fingerprint density at radius 1 is 1.35 bits per heavy atom. The van der Waals surface area contributed by atoms with Crippen LogP contribution in [0.5, 0.6) is 0 Å². The van der Waals surface area contributed by atoms with E-state index in [0.717, 1.165) is 23.3 Å². The van der Waals surface area contributed by atoms with Crippen LogP contribution in [-0.4, -0.2) is 43.0 Å². The number of nitrogens with two attached hydrogens (primary N) is 1. The van der Waals surface area contributed by atoms with Crippen LogP contribution >= 0.6 is 11.3 Å². The van der Waals surface area contributed by atoms with Gasteiger partial charge in [-0.1, -0.05) is 0 Å². The van der Waals surface area contributed by atoms with Crippen molar-refractivity contribution in [3.63, 3.8) is 0 Å². The van der Waals surface area contributed by atoms with Crippen LogP contribution in [0.2, 0.25) is 0 Å². The first-order valence-electron chi connectivity index (χ1n) is 6.93. The first kappa shape index (κ1) is 13.6. The number of amides is 2. The first-order chi connectivity index (χ1) is 9.65. The maximum atomic E-state index is 12.4. The van der Waals surface area contributed by atoms with Crippen LogP contribution in [0.15, 0.2) is 6.07 Å². The van der Waals surface area contributed by atoms with E-state index in [1.807, 2.05) is 11.0 Å². The number of fused-ring (bicyclic) bond motifs is 1. The fraction of sp³-hybridized carbons (Fsp3) is 0.571. The monoisotopic (exact) mass is 294 g/mol. The van der Waals surface area contributed by atoms with E-state index in [2.05, 4.69) is 0 Å². The van der Waals surface area contributed by atoms with Crippen LogP contribution in [0, 0.1) is 5.92 Å². The molecule has 0 radical (unpaired) electrons. The fourth-order valence-electron chi connectivity index (χ4n) is 2.79. The van der Waals surface area contributed by atoms with Crippen LogP contribution in [0.1, 0.15) is 26.5 Å². The van der Waals surface area contributed by atoms with E-state index < -0.39 is 0 Å². The molecule has 0 unspecified atom stereocenters. The predicted octanol–water partition coefficient (Wildman–Crippen LogP) is 0.811. The molecule has 1 saturated heterocycles. The number of hydrogen-bond donors (Lipinski definition) is 1. The maximum Gasteiger partial charge on any atom is 0.264 e. The largest absolute Gasteiger partial charge is 0.378 e. The van der Waals surface area contributed by atoms with E-state index in [9.17, 15) is 9.59 Å². The Labute approximate surface area is 121 Å². The molecule has 6 heteroatoms. The smallest absolute Gasteiger partial charge is 0.264 e. The quantitative estimate of drug-likeness (QED) is 0.877. The Hall–Kier alpha value is -1.40. The molecule has 0 spiro atoms. The summed E-state index contributed by atoms with van der Waals surface area (Å²) >= 11 is 1.57. The summed E-state index contributed by atoms with van der Waals surface area (Å²) in [5, 5.41) is 0. The van der Waals surface area contributed by atoms with Crippen LogP contribution < -0.4 is 5.73 Å². The summed E-state index contributed by atoms with van der Waals surface area (Å²) in [5.74, 6) is -0.227. The topological polar surface area (TPSA) is 72.6 Å². The summed E-state index contributed by atoms with van der Waals surface area (Å²) in [4.78, 5) is 27.6. The van der Waals surface area contributed by atoms with Gasteiger partial charge in [0, 0.05) is 23.9 Å². The molecule has 0 bridgehead atoms. The number of hydrogen-bond acceptors (Lipinski definition) is 4. The van der Waals surface area contributed by atoms with Gasteiger partial charge >= 0.3 is 0 Å². The lowest BCUT2D eigenvalue weighted by molar-refractivity contribution is -0.122. The molecule has 3 rings (SSSR count). The SMILES string of the molecule is NC(=O)[C@@H]1CCc2sc(C(=O)N3CCOCC3)cc2C1. The third-order valence-corrected chi connectivity index (χ3v) is 5.22. The molecule has 1 aromatic heterocycles. The molecule has 1 atom stereocenters. The summed E-state index contributed by atoms with van der Waals surface area (Å²) in [6.45, 7) is 2.54. The van der Waals surface area contributed by atoms with E-state index >= 15 is 0 Å². The molecular formula is C14H18N2O3S. The third-order valence-electron chi connectivity index (χ3n) is 3.99. The molecule has 2 heterocycles. The zero-order valence-corrected chi connectivity index (χ0v) is 12.1. The number of ether oxygens (including phenoxy) is 1. The standard InChI is InChI=1S/C14H18N2O3S/c15-13(17)9-1-2-11-10(7-9)8-12(20-11)14(18)16-3-5-19-6-4-16/h8-9H,1-7H2,(H2,15,17)/t9-/m1/s1. The Morgan fingerprint density at radius 3 is 2.80 bits per heavy atom. The minimum atomic E-state index is -0.233. The highest BCUT2D eigenvalue weighted by atomic mass is 32.1. The number of thiophene rings is 1. The van der Waals surface area contributed by atoms with Crippen molar-refractivity contribution in [2.75, 3.05) is 26.3 Å². The second-order valence-corrected chi connectivity index (χ2v) is 6.44. The van der Waals surface area contributed by atoms with Crippen LogP contribution in [0.25, 0.3) is 0 Å². The van der Waals surface area contributed by atoms with Gasteiger partial charge in [-0.05, 0) is 30.9 Å². The molecule has 20 heavy (non-hydrogen) atoms. The van der Waals surface area contributed by atoms with Crippen molar-refractivity contribution in [3.8, 4) is 0 Å². The summed E-state index contributed by atoms with van der Waals surface area (Å²) in [7, 11) is 0. The highest BCUT2D eigenvalue weighted by molar-refractivity contribution is 7.14. The van der Waals surface area contributed by atoms with Crippen molar-refractivity contribution in [2.45, 2.75) is 19.3 Å². The molecule has 0 saturated carbocycles. The third kappa shape index (κ3) is 2.58. The molecular weight excluding hydrogens is 276 g/mol. The molecule has 2 N–H and O–H groups in total. The maximum absolute atomic E-state index is 12.4. The number of nitrogens with zero attached hydrogens (tertiary/aromatic N) is 1. The Balaban J connectivity index is 1.76. The van der Waals surface area contributed by atoms with Crippen LogP contribution in [-0.2, 0) is 22.4 Å². The number of primary amides is 1. The molecule has 108 valence electrons. The predicted molar refractivity (Wildman–Crippen MR) is 75.8 cm³/mol. The molecule has 2 aliphatic rings. The molecule has 1 aromatic rings. The second kappa shape index (κ2) is 5.54. The molecule has 2 amide bonds. The van der Waals surface area contributed by atoms with Gasteiger partial charge in [-0.3, -0.25) is 9.59 Å². The minimum absolute atomic E-state index is 0.0801. The normalized spacial score (nSPS) is 22.4. The van der Waals surface area contributed by atoms with Gasteiger partial charge in [0.15, 0.2) is 0 Å². The molecule has 0 aromatic carbocycles. The summed E-state index contributed by atoms with van der Waals surface area (Å²) < 4.78 is 5.27. The molecule has 1 aliphatic heterocycles. The van der Waals surface area contributed by atoms with Crippen LogP contribution in [0.3, 0.4) is 0 Å². The van der Waals surface area contributed by atoms with Gasteiger partial charge in [0.1, 0.15) is 0 Å². The van der Waals surface area contributed by atoms with Crippen LogP contribution in [0.4, 0.5) is 0 Å². The highest BCUT2D eigenvalue weighted by Crippen LogP contribution is 2.33. The molecule has 1 aliphatic carbocycles. The lowest BCUT2D eigenvalue weighted by atomic mass is 9.88. The van der Waals surface area contributed by atoms with Gasteiger partial charge in [0.2, 0.25) is 5.91 Å². The zero-order valence-electron chi connectivity index (χ0n) is 11.3. The van der Waals surface area contributed by atoms with Gasteiger partial charge in [-0.25, -0.2) is 0 Å². The van der Waals surface area contributed by atoms with E-state index in [1.165, 1.54) is 4.88 Å². The van der Waals surface area contributed by atoms with Gasteiger partial charge in [-0.15, -0.1) is 11.3 Å². The van der Waals surface area contributed by atoms with Gasteiger partial charge in [0.25, 0.3) is 5.91 Å². The number of morpholine rings is 1. The van der Waals surface area contributed by atoms with Crippen molar-refractivity contribution < 1.29 is 14.3 Å². The Bertz CT molecular complexity index is 535. The molecule has 1 fully saturated rings. The highest BCUT2D eigenvalue weighted by Gasteiger charge is 2.27. The number of carbonyl (C=O) groups excluding carboxylic acids is 2. The van der Waals surface area contributed by atoms with Crippen molar-refractivity contribution in [1.29, 1.82) is 0 Å². The van der Waals surface area contributed by atoms with Gasteiger partial charge in [0.05, 0.1) is 18.1 Å². The van der Waals surface area contributed by atoms with Crippen molar-refractivity contribution >= 4 is 23.2 Å².